The summed E-state index contributed by atoms with van der Waals surface area (Å²) in [7, 11) is -2.08. The molecule has 0 bridgehead atoms. The van der Waals surface area contributed by atoms with E-state index in [-0.39, 0.29) is 16.1 Å². The molecule has 0 saturated heterocycles. The Balaban J connectivity index is 2.08. The van der Waals surface area contributed by atoms with Gasteiger partial charge in [-0.1, -0.05) is 45.0 Å². The average molecular weight is 416 g/mol. The fourth-order valence-electron chi connectivity index (χ4n) is 3.16. The first-order chi connectivity index (χ1) is 13.5. The standard InChI is InChI=1S/C22H26FN3O2S/c1-15-6-9-17(22(2,3)4)14-19(15)29(27,28)25-20(21-24-12-13-26(21)5)16-7-10-18(23)11-8-16/h6-14,20,25H,1-5H3. The molecule has 0 aliphatic carbocycles. The molecule has 0 saturated carbocycles. The number of nitrogens with one attached hydrogen (secondary N) is 1. The first kappa shape index (κ1) is 21.2. The van der Waals surface area contributed by atoms with Crippen LogP contribution >= 0.6 is 0 Å². The Morgan fingerprint density at radius 1 is 1.10 bits per heavy atom. The Kier molecular flexibility index (Phi) is 5.65. The minimum Gasteiger partial charge on any atom is -0.336 e. The lowest BCUT2D eigenvalue weighted by Crippen LogP contribution is -2.32. The van der Waals surface area contributed by atoms with Crippen LogP contribution in [0.25, 0.3) is 0 Å². The first-order valence-corrected chi connectivity index (χ1v) is 10.8. The molecule has 0 radical (unpaired) electrons. The molecule has 1 heterocycles. The van der Waals surface area contributed by atoms with Crippen molar-refractivity contribution in [3.63, 3.8) is 0 Å². The SMILES string of the molecule is Cc1ccc(C(C)(C)C)cc1S(=O)(=O)NC(c1ccc(F)cc1)c1nccn1C. The van der Waals surface area contributed by atoms with Gasteiger partial charge < -0.3 is 4.57 Å². The zero-order valence-electron chi connectivity index (χ0n) is 17.3. The van der Waals surface area contributed by atoms with Crippen LogP contribution in [-0.2, 0) is 22.5 Å². The zero-order chi connectivity index (χ0) is 21.4. The predicted molar refractivity (Wildman–Crippen MR) is 112 cm³/mol. The van der Waals surface area contributed by atoms with Crippen LogP contribution in [0, 0.1) is 12.7 Å². The van der Waals surface area contributed by atoms with Crippen LogP contribution in [0.15, 0.2) is 59.8 Å². The molecule has 0 aliphatic rings. The number of rotatable bonds is 5. The van der Waals surface area contributed by atoms with Gasteiger partial charge >= 0.3 is 0 Å². The van der Waals surface area contributed by atoms with Gasteiger partial charge in [0, 0.05) is 19.4 Å². The molecule has 0 amide bonds. The van der Waals surface area contributed by atoms with Crippen molar-refractivity contribution >= 4 is 10.0 Å². The summed E-state index contributed by atoms with van der Waals surface area (Å²) in [5.74, 6) is 0.133. The van der Waals surface area contributed by atoms with Crippen LogP contribution in [0.2, 0.25) is 0 Å². The van der Waals surface area contributed by atoms with Crippen LogP contribution in [0.4, 0.5) is 4.39 Å². The van der Waals surface area contributed by atoms with E-state index in [1.54, 1.807) is 49.1 Å². The van der Waals surface area contributed by atoms with Crippen molar-refractivity contribution in [2.45, 2.75) is 44.0 Å². The lowest BCUT2D eigenvalue weighted by atomic mass is 9.87. The minimum atomic E-state index is -3.87. The van der Waals surface area contributed by atoms with Crippen molar-refractivity contribution in [1.82, 2.24) is 14.3 Å². The van der Waals surface area contributed by atoms with E-state index in [1.807, 2.05) is 32.9 Å². The smallest absolute Gasteiger partial charge is 0.241 e. The van der Waals surface area contributed by atoms with Gasteiger partial charge in [-0.3, -0.25) is 0 Å². The molecular weight excluding hydrogens is 389 g/mol. The third-order valence-corrected chi connectivity index (χ3v) is 6.50. The number of sulfonamides is 1. The first-order valence-electron chi connectivity index (χ1n) is 9.35. The number of imidazole rings is 1. The van der Waals surface area contributed by atoms with Crippen LogP contribution in [0.3, 0.4) is 0 Å². The molecule has 1 aromatic heterocycles. The highest BCUT2D eigenvalue weighted by atomic mass is 32.2. The second-order valence-electron chi connectivity index (χ2n) is 8.23. The van der Waals surface area contributed by atoms with Crippen LogP contribution < -0.4 is 4.72 Å². The van der Waals surface area contributed by atoms with Crippen molar-refractivity contribution in [2.24, 2.45) is 7.05 Å². The number of nitrogens with zero attached hydrogens (tertiary/aromatic N) is 2. The normalized spacial score (nSPS) is 13.4. The highest BCUT2D eigenvalue weighted by Gasteiger charge is 2.28. The maximum Gasteiger partial charge on any atom is 0.241 e. The predicted octanol–water partition coefficient (Wildman–Crippen LogP) is 4.23. The monoisotopic (exact) mass is 415 g/mol. The molecule has 0 spiro atoms. The molecule has 0 aliphatic heterocycles. The number of hydrogen-bond donors (Lipinski definition) is 1. The van der Waals surface area contributed by atoms with Gasteiger partial charge in [-0.05, 0) is 47.2 Å². The van der Waals surface area contributed by atoms with Crippen LogP contribution in [0.1, 0.15) is 49.3 Å². The van der Waals surface area contributed by atoms with Crippen molar-refractivity contribution in [3.05, 3.63) is 83.2 Å². The quantitative estimate of drug-likeness (QED) is 0.678. The molecule has 7 heteroatoms. The molecular formula is C22H26FN3O2S. The van der Waals surface area contributed by atoms with Gasteiger partial charge in [-0.2, -0.15) is 4.72 Å². The van der Waals surface area contributed by atoms with E-state index in [2.05, 4.69) is 9.71 Å². The Morgan fingerprint density at radius 3 is 2.31 bits per heavy atom. The zero-order valence-corrected chi connectivity index (χ0v) is 18.1. The Hall–Kier alpha value is -2.51. The van der Waals surface area contributed by atoms with E-state index >= 15 is 0 Å². The summed E-state index contributed by atoms with van der Waals surface area (Å²) in [5, 5.41) is 0. The van der Waals surface area contributed by atoms with E-state index in [0.717, 1.165) is 5.56 Å². The molecule has 3 rings (SSSR count). The van der Waals surface area contributed by atoms with E-state index in [1.165, 1.54) is 12.1 Å². The largest absolute Gasteiger partial charge is 0.336 e. The van der Waals surface area contributed by atoms with E-state index in [4.69, 9.17) is 0 Å². The number of aryl methyl sites for hydroxylation is 2. The Morgan fingerprint density at radius 2 is 1.76 bits per heavy atom. The fraction of sp³-hybridized carbons (Fsp3) is 0.318. The third-order valence-electron chi connectivity index (χ3n) is 4.94. The third kappa shape index (κ3) is 4.57. The van der Waals surface area contributed by atoms with Gasteiger partial charge in [0.05, 0.1) is 4.90 Å². The lowest BCUT2D eigenvalue weighted by Gasteiger charge is -2.23. The van der Waals surface area contributed by atoms with Crippen molar-refractivity contribution < 1.29 is 12.8 Å². The van der Waals surface area contributed by atoms with Crippen LogP contribution in [-0.4, -0.2) is 18.0 Å². The molecule has 1 N–H and O–H groups in total. The number of hydrogen-bond acceptors (Lipinski definition) is 3. The highest BCUT2D eigenvalue weighted by Crippen LogP contribution is 2.29. The maximum absolute atomic E-state index is 13.4. The van der Waals surface area contributed by atoms with E-state index in [0.29, 0.717) is 17.0 Å². The molecule has 5 nitrogen and oxygen atoms in total. The molecule has 1 unspecified atom stereocenters. The second kappa shape index (κ2) is 7.72. The summed E-state index contributed by atoms with van der Waals surface area (Å²) < 4.78 is 44.7. The van der Waals surface area contributed by atoms with Gasteiger partial charge in [0.2, 0.25) is 10.0 Å². The Bertz CT molecular complexity index is 1110. The van der Waals surface area contributed by atoms with Gasteiger partial charge in [-0.15, -0.1) is 0 Å². The van der Waals surface area contributed by atoms with Gasteiger partial charge in [0.15, 0.2) is 0 Å². The average Bonchev–Trinajstić information content (AvgIpc) is 3.05. The topological polar surface area (TPSA) is 64.0 Å². The summed E-state index contributed by atoms with van der Waals surface area (Å²) in [6.45, 7) is 7.89. The summed E-state index contributed by atoms with van der Waals surface area (Å²) in [5.41, 5.74) is 2.00. The molecule has 1 atom stereocenters. The van der Waals surface area contributed by atoms with Gasteiger partial charge in [0.25, 0.3) is 0 Å². The summed E-state index contributed by atoms with van der Waals surface area (Å²) in [6, 6.07) is 10.5. The molecule has 29 heavy (non-hydrogen) atoms. The molecule has 2 aromatic carbocycles. The molecule has 0 fully saturated rings. The van der Waals surface area contributed by atoms with Crippen molar-refractivity contribution in [2.75, 3.05) is 0 Å². The molecule has 154 valence electrons. The summed E-state index contributed by atoms with van der Waals surface area (Å²) >= 11 is 0. The van der Waals surface area contributed by atoms with Crippen LogP contribution in [0.5, 0.6) is 0 Å². The fourth-order valence-corrected chi connectivity index (χ4v) is 4.61. The highest BCUT2D eigenvalue weighted by molar-refractivity contribution is 7.89. The van der Waals surface area contributed by atoms with E-state index < -0.39 is 16.1 Å². The maximum atomic E-state index is 13.4. The number of halogens is 1. The lowest BCUT2D eigenvalue weighted by molar-refractivity contribution is 0.559. The van der Waals surface area contributed by atoms with E-state index in [9.17, 15) is 12.8 Å². The number of aromatic nitrogens is 2. The Labute approximate surface area is 171 Å². The van der Waals surface area contributed by atoms with Crippen molar-refractivity contribution in [3.8, 4) is 0 Å². The van der Waals surface area contributed by atoms with Crippen molar-refractivity contribution in [1.29, 1.82) is 0 Å². The van der Waals surface area contributed by atoms with Gasteiger partial charge in [0.1, 0.15) is 17.7 Å². The summed E-state index contributed by atoms with van der Waals surface area (Å²) in [6.07, 6.45) is 3.34. The van der Waals surface area contributed by atoms with Gasteiger partial charge in [-0.25, -0.2) is 17.8 Å². The molecule has 3 aromatic rings. The summed E-state index contributed by atoms with van der Waals surface area (Å²) in [4.78, 5) is 4.54. The minimum absolute atomic E-state index is 0.187. The number of benzene rings is 2. The second-order valence-corrected chi connectivity index (χ2v) is 9.91.